The summed E-state index contributed by atoms with van der Waals surface area (Å²) in [6.45, 7) is 0. The summed E-state index contributed by atoms with van der Waals surface area (Å²) in [5.74, 6) is 0.640. The molecule has 4 aromatic rings. The van der Waals surface area contributed by atoms with Gasteiger partial charge in [0, 0.05) is 29.1 Å². The zero-order chi connectivity index (χ0) is 18.8. The normalized spacial score (nSPS) is 10.5. The first-order valence-corrected chi connectivity index (χ1v) is 7.98. The first-order chi connectivity index (χ1) is 13.2. The molecule has 0 amide bonds. The van der Waals surface area contributed by atoms with Gasteiger partial charge in [0.25, 0.3) is 0 Å². The van der Waals surface area contributed by atoms with Crippen LogP contribution in [0.3, 0.4) is 0 Å². The Bertz CT molecular complexity index is 1150. The van der Waals surface area contributed by atoms with E-state index < -0.39 is 0 Å². The molecule has 0 bridgehead atoms. The quantitative estimate of drug-likeness (QED) is 0.593. The summed E-state index contributed by atoms with van der Waals surface area (Å²) in [5, 5.41) is 9.49. The molecule has 0 saturated carbocycles. The van der Waals surface area contributed by atoms with E-state index in [2.05, 4.69) is 21.0 Å². The van der Waals surface area contributed by atoms with Crippen LogP contribution in [-0.4, -0.2) is 15.0 Å². The Balaban J connectivity index is 1.83. The Morgan fingerprint density at radius 1 is 1.04 bits per heavy atom. The van der Waals surface area contributed by atoms with E-state index in [1.54, 1.807) is 42.7 Å². The number of hydrogen-bond donors (Lipinski definition) is 1. The van der Waals surface area contributed by atoms with E-state index in [4.69, 9.17) is 10.2 Å². The van der Waals surface area contributed by atoms with Crippen LogP contribution in [-0.2, 0) is 0 Å². The van der Waals surface area contributed by atoms with E-state index in [1.807, 2.05) is 0 Å². The first-order valence-electron chi connectivity index (χ1n) is 7.98. The zero-order valence-corrected chi connectivity index (χ0v) is 13.9. The minimum absolute atomic E-state index is 0.0596. The van der Waals surface area contributed by atoms with Crippen LogP contribution in [0.2, 0.25) is 0 Å². The molecule has 2 N–H and O–H groups in total. The summed E-state index contributed by atoms with van der Waals surface area (Å²) in [6, 6.07) is 13.2. The Labute approximate surface area is 153 Å². The molecule has 6 nitrogen and oxygen atoms in total. The van der Waals surface area contributed by atoms with Crippen molar-refractivity contribution >= 4 is 5.82 Å². The number of halogens is 1. The molecular weight excluding hydrogens is 345 g/mol. The lowest BCUT2D eigenvalue weighted by Crippen LogP contribution is -2.00. The molecule has 0 fully saturated rings. The van der Waals surface area contributed by atoms with Crippen molar-refractivity contribution in [3.05, 3.63) is 72.5 Å². The van der Waals surface area contributed by atoms with Gasteiger partial charge in [-0.25, -0.2) is 19.3 Å². The van der Waals surface area contributed by atoms with Gasteiger partial charge in [0.05, 0.1) is 12.0 Å². The number of nitriles is 1. The maximum Gasteiger partial charge on any atom is 0.195 e. The fourth-order valence-electron chi connectivity index (χ4n) is 2.71. The van der Waals surface area contributed by atoms with Gasteiger partial charge in [-0.1, -0.05) is 12.1 Å². The van der Waals surface area contributed by atoms with Crippen LogP contribution in [0.15, 0.2) is 65.5 Å². The number of anilines is 1. The SMILES string of the molecule is N#Cc1c(-c2cnc(-c3ccco3)nc2)cc(-c2cccc(F)c2)nc1N. The van der Waals surface area contributed by atoms with Crippen LogP contribution in [0.1, 0.15) is 5.56 Å². The molecule has 0 atom stereocenters. The monoisotopic (exact) mass is 357 g/mol. The van der Waals surface area contributed by atoms with Gasteiger partial charge in [-0.3, -0.25) is 0 Å². The highest BCUT2D eigenvalue weighted by molar-refractivity contribution is 5.79. The predicted molar refractivity (Wildman–Crippen MR) is 97.5 cm³/mol. The van der Waals surface area contributed by atoms with Crippen LogP contribution in [0, 0.1) is 17.1 Å². The minimum atomic E-state index is -0.384. The predicted octanol–water partition coefficient (Wildman–Crippen LogP) is 4.06. The van der Waals surface area contributed by atoms with Crippen molar-refractivity contribution in [3.63, 3.8) is 0 Å². The Morgan fingerprint density at radius 2 is 1.85 bits per heavy atom. The van der Waals surface area contributed by atoms with Gasteiger partial charge in [0.2, 0.25) is 0 Å². The molecule has 4 rings (SSSR count). The Hall–Kier alpha value is -4.05. The van der Waals surface area contributed by atoms with Crippen molar-refractivity contribution in [2.45, 2.75) is 0 Å². The van der Waals surface area contributed by atoms with Crippen LogP contribution in [0.5, 0.6) is 0 Å². The molecule has 1 aromatic carbocycles. The molecule has 3 aromatic heterocycles. The number of benzene rings is 1. The summed E-state index contributed by atoms with van der Waals surface area (Å²) in [6.07, 6.45) is 4.70. The molecule has 0 spiro atoms. The average Bonchev–Trinajstić information content (AvgIpc) is 3.22. The Morgan fingerprint density at radius 3 is 2.52 bits per heavy atom. The topological polar surface area (TPSA) is 102 Å². The second kappa shape index (κ2) is 6.69. The number of furan rings is 1. The third-order valence-electron chi connectivity index (χ3n) is 3.98. The van der Waals surface area contributed by atoms with E-state index in [9.17, 15) is 9.65 Å². The zero-order valence-electron chi connectivity index (χ0n) is 13.9. The molecule has 0 saturated heterocycles. The molecule has 7 heteroatoms. The van der Waals surface area contributed by atoms with Crippen molar-refractivity contribution in [2.24, 2.45) is 0 Å². The fourth-order valence-corrected chi connectivity index (χ4v) is 2.71. The highest BCUT2D eigenvalue weighted by Gasteiger charge is 2.15. The summed E-state index contributed by atoms with van der Waals surface area (Å²) < 4.78 is 18.8. The van der Waals surface area contributed by atoms with Crippen LogP contribution in [0.25, 0.3) is 34.0 Å². The number of nitrogen functional groups attached to an aromatic ring is 1. The maximum atomic E-state index is 13.6. The molecule has 0 aliphatic heterocycles. The van der Waals surface area contributed by atoms with Crippen molar-refractivity contribution in [1.82, 2.24) is 15.0 Å². The van der Waals surface area contributed by atoms with E-state index in [0.717, 1.165) is 0 Å². The third-order valence-corrected chi connectivity index (χ3v) is 3.98. The maximum absolute atomic E-state index is 13.6. The highest BCUT2D eigenvalue weighted by atomic mass is 19.1. The minimum Gasteiger partial charge on any atom is -0.461 e. The van der Waals surface area contributed by atoms with Crippen LogP contribution >= 0.6 is 0 Å². The lowest BCUT2D eigenvalue weighted by molar-refractivity contribution is 0.577. The van der Waals surface area contributed by atoms with E-state index in [1.165, 1.54) is 18.4 Å². The van der Waals surface area contributed by atoms with E-state index in [-0.39, 0.29) is 17.2 Å². The smallest absolute Gasteiger partial charge is 0.195 e. The number of pyridine rings is 1. The molecule has 0 unspecified atom stereocenters. The van der Waals surface area contributed by atoms with E-state index >= 15 is 0 Å². The van der Waals surface area contributed by atoms with E-state index in [0.29, 0.717) is 34.0 Å². The summed E-state index contributed by atoms with van der Waals surface area (Å²) in [5.41, 5.74) is 8.31. The van der Waals surface area contributed by atoms with Crippen LogP contribution in [0.4, 0.5) is 10.2 Å². The molecule has 0 aliphatic carbocycles. The van der Waals surface area contributed by atoms with Gasteiger partial charge in [-0.05, 0) is 30.3 Å². The summed E-state index contributed by atoms with van der Waals surface area (Å²) in [4.78, 5) is 12.8. The molecule has 0 aliphatic rings. The van der Waals surface area contributed by atoms with Crippen molar-refractivity contribution in [2.75, 3.05) is 5.73 Å². The standard InChI is InChI=1S/C20H12FN5O/c21-14-4-1-3-12(7-14)17-8-15(16(9-22)19(23)26-17)13-10-24-20(25-11-13)18-5-2-6-27-18/h1-8,10-11H,(H2,23,26). The third kappa shape index (κ3) is 3.12. The molecule has 0 radical (unpaired) electrons. The van der Waals surface area contributed by atoms with Crippen molar-refractivity contribution < 1.29 is 8.81 Å². The van der Waals surface area contributed by atoms with Gasteiger partial charge in [0.15, 0.2) is 11.6 Å². The molecular formula is C20H12FN5O. The van der Waals surface area contributed by atoms with Gasteiger partial charge in [-0.2, -0.15) is 5.26 Å². The van der Waals surface area contributed by atoms with Crippen molar-refractivity contribution in [3.8, 4) is 40.0 Å². The number of aromatic nitrogens is 3. The number of rotatable bonds is 3. The highest BCUT2D eigenvalue weighted by Crippen LogP contribution is 2.31. The summed E-state index contributed by atoms with van der Waals surface area (Å²) >= 11 is 0. The second-order valence-corrected chi connectivity index (χ2v) is 5.71. The number of nitrogens with two attached hydrogens (primary N) is 1. The average molecular weight is 357 g/mol. The second-order valence-electron chi connectivity index (χ2n) is 5.71. The van der Waals surface area contributed by atoms with Gasteiger partial charge in [-0.15, -0.1) is 0 Å². The van der Waals surface area contributed by atoms with Crippen molar-refractivity contribution in [1.29, 1.82) is 5.26 Å². The molecule has 130 valence electrons. The lowest BCUT2D eigenvalue weighted by atomic mass is 10.0. The number of nitrogens with zero attached hydrogens (tertiary/aromatic N) is 4. The first kappa shape index (κ1) is 16.4. The largest absolute Gasteiger partial charge is 0.461 e. The lowest BCUT2D eigenvalue weighted by Gasteiger charge is -2.10. The van der Waals surface area contributed by atoms with Gasteiger partial charge in [0.1, 0.15) is 23.3 Å². The van der Waals surface area contributed by atoms with Crippen LogP contribution < -0.4 is 5.73 Å². The fraction of sp³-hybridized carbons (Fsp3) is 0. The molecule has 27 heavy (non-hydrogen) atoms. The molecule has 3 heterocycles. The van der Waals surface area contributed by atoms with Gasteiger partial charge < -0.3 is 10.2 Å². The summed E-state index contributed by atoms with van der Waals surface area (Å²) in [7, 11) is 0. The van der Waals surface area contributed by atoms with Gasteiger partial charge >= 0.3 is 0 Å². The Kier molecular flexibility index (Phi) is 4.07. The number of hydrogen-bond acceptors (Lipinski definition) is 6.